The molecule has 2 heterocycles. The van der Waals surface area contributed by atoms with Gasteiger partial charge in [0, 0.05) is 24.5 Å². The van der Waals surface area contributed by atoms with E-state index in [1.807, 2.05) is 43.3 Å². The highest BCUT2D eigenvalue weighted by Gasteiger charge is 2.10. The zero-order valence-corrected chi connectivity index (χ0v) is 12.2. The number of aromatic amines is 1. The molecule has 0 aliphatic rings. The lowest BCUT2D eigenvalue weighted by atomic mass is 10.1. The number of H-pyrrole nitrogens is 1. The van der Waals surface area contributed by atoms with E-state index in [2.05, 4.69) is 20.5 Å². The van der Waals surface area contributed by atoms with Gasteiger partial charge in [-0.05, 0) is 30.7 Å². The van der Waals surface area contributed by atoms with E-state index in [1.165, 1.54) is 5.56 Å². The average molecular weight is 292 g/mol. The van der Waals surface area contributed by atoms with E-state index in [4.69, 9.17) is 0 Å². The number of carbonyl (C=O) groups is 1. The third-order valence-electron chi connectivity index (χ3n) is 3.37. The van der Waals surface area contributed by atoms with Crippen molar-refractivity contribution in [2.24, 2.45) is 0 Å². The fourth-order valence-corrected chi connectivity index (χ4v) is 2.09. The van der Waals surface area contributed by atoms with E-state index in [0.717, 1.165) is 16.8 Å². The second-order valence-electron chi connectivity index (χ2n) is 5.07. The zero-order valence-electron chi connectivity index (χ0n) is 12.2. The molecule has 22 heavy (non-hydrogen) atoms. The maximum absolute atomic E-state index is 12.1. The number of hydrogen-bond donors (Lipinski definition) is 2. The molecule has 0 saturated carbocycles. The highest BCUT2D eigenvalue weighted by Crippen LogP contribution is 2.18. The Morgan fingerprint density at radius 2 is 1.86 bits per heavy atom. The van der Waals surface area contributed by atoms with Gasteiger partial charge in [-0.15, -0.1) is 0 Å². The molecule has 3 rings (SSSR count). The van der Waals surface area contributed by atoms with Gasteiger partial charge in [-0.2, -0.15) is 5.10 Å². The number of amides is 1. The number of aromatic nitrogens is 3. The lowest BCUT2D eigenvalue weighted by Crippen LogP contribution is -2.23. The van der Waals surface area contributed by atoms with Crippen LogP contribution < -0.4 is 5.32 Å². The minimum absolute atomic E-state index is 0.178. The van der Waals surface area contributed by atoms with E-state index in [0.29, 0.717) is 12.2 Å². The molecule has 5 heteroatoms. The second kappa shape index (κ2) is 6.22. The fourth-order valence-electron chi connectivity index (χ4n) is 2.09. The predicted octanol–water partition coefficient (Wildman–Crippen LogP) is 2.71. The zero-order chi connectivity index (χ0) is 15.4. The van der Waals surface area contributed by atoms with Crippen LogP contribution in [0.1, 0.15) is 21.6 Å². The average Bonchev–Trinajstić information content (AvgIpc) is 3.04. The SMILES string of the molecule is Cc1ccc(-c2cc(C(=O)NCc3ccncc3)[nH]n2)cc1. The van der Waals surface area contributed by atoms with E-state index >= 15 is 0 Å². The molecule has 1 amide bonds. The molecule has 0 spiro atoms. The molecule has 0 radical (unpaired) electrons. The van der Waals surface area contributed by atoms with Crippen LogP contribution in [0.5, 0.6) is 0 Å². The molecule has 0 unspecified atom stereocenters. The molecule has 3 aromatic rings. The normalized spacial score (nSPS) is 10.4. The number of hydrogen-bond acceptors (Lipinski definition) is 3. The summed E-state index contributed by atoms with van der Waals surface area (Å²) in [7, 11) is 0. The predicted molar refractivity (Wildman–Crippen MR) is 84.2 cm³/mol. The Bertz CT molecular complexity index is 763. The topological polar surface area (TPSA) is 70.7 Å². The molecule has 0 aliphatic heterocycles. The van der Waals surface area contributed by atoms with Crippen LogP contribution in [0.3, 0.4) is 0 Å². The van der Waals surface area contributed by atoms with Gasteiger partial charge in [0.05, 0.1) is 5.69 Å². The van der Waals surface area contributed by atoms with Crippen LogP contribution in [0, 0.1) is 6.92 Å². The molecule has 0 atom stereocenters. The van der Waals surface area contributed by atoms with Crippen LogP contribution in [-0.2, 0) is 6.54 Å². The summed E-state index contributed by atoms with van der Waals surface area (Å²) in [6, 6.07) is 13.5. The van der Waals surface area contributed by atoms with Crippen molar-refractivity contribution in [1.29, 1.82) is 0 Å². The minimum Gasteiger partial charge on any atom is -0.347 e. The first-order chi connectivity index (χ1) is 10.7. The van der Waals surface area contributed by atoms with E-state index in [-0.39, 0.29) is 5.91 Å². The number of nitrogens with zero attached hydrogens (tertiary/aromatic N) is 2. The largest absolute Gasteiger partial charge is 0.347 e. The van der Waals surface area contributed by atoms with Crippen LogP contribution >= 0.6 is 0 Å². The Hall–Kier alpha value is -2.95. The van der Waals surface area contributed by atoms with Crippen LogP contribution in [-0.4, -0.2) is 21.1 Å². The summed E-state index contributed by atoms with van der Waals surface area (Å²) >= 11 is 0. The van der Waals surface area contributed by atoms with E-state index in [1.54, 1.807) is 18.5 Å². The molecular weight excluding hydrogens is 276 g/mol. The third-order valence-corrected chi connectivity index (χ3v) is 3.37. The van der Waals surface area contributed by atoms with Gasteiger partial charge in [0.2, 0.25) is 0 Å². The summed E-state index contributed by atoms with van der Waals surface area (Å²) < 4.78 is 0. The Balaban J connectivity index is 1.68. The summed E-state index contributed by atoms with van der Waals surface area (Å²) in [4.78, 5) is 16.1. The van der Waals surface area contributed by atoms with E-state index < -0.39 is 0 Å². The molecular formula is C17H16N4O. The van der Waals surface area contributed by atoms with E-state index in [9.17, 15) is 4.79 Å². The highest BCUT2D eigenvalue weighted by molar-refractivity contribution is 5.93. The summed E-state index contributed by atoms with van der Waals surface area (Å²) in [6.07, 6.45) is 3.40. The van der Waals surface area contributed by atoms with Crippen molar-refractivity contribution in [2.45, 2.75) is 13.5 Å². The van der Waals surface area contributed by atoms with Crippen LogP contribution in [0.4, 0.5) is 0 Å². The highest BCUT2D eigenvalue weighted by atomic mass is 16.1. The Labute approximate surface area is 128 Å². The van der Waals surface area contributed by atoms with Gasteiger partial charge >= 0.3 is 0 Å². The second-order valence-corrected chi connectivity index (χ2v) is 5.07. The van der Waals surface area contributed by atoms with Crippen molar-refractivity contribution in [1.82, 2.24) is 20.5 Å². The molecule has 2 aromatic heterocycles. The monoisotopic (exact) mass is 292 g/mol. The smallest absolute Gasteiger partial charge is 0.269 e. The number of pyridine rings is 1. The molecule has 0 saturated heterocycles. The number of rotatable bonds is 4. The number of benzene rings is 1. The molecule has 0 fully saturated rings. The van der Waals surface area contributed by atoms with Crippen molar-refractivity contribution < 1.29 is 4.79 Å². The first-order valence-electron chi connectivity index (χ1n) is 7.02. The minimum atomic E-state index is -0.178. The third kappa shape index (κ3) is 3.20. The summed E-state index contributed by atoms with van der Waals surface area (Å²) in [5.74, 6) is -0.178. The molecule has 5 nitrogen and oxygen atoms in total. The van der Waals surface area contributed by atoms with Gasteiger partial charge in [-0.3, -0.25) is 14.9 Å². The Morgan fingerprint density at radius 3 is 2.59 bits per heavy atom. The lowest BCUT2D eigenvalue weighted by molar-refractivity contribution is 0.0946. The van der Waals surface area contributed by atoms with Crippen LogP contribution in [0.15, 0.2) is 54.9 Å². The maximum Gasteiger partial charge on any atom is 0.269 e. The molecule has 1 aromatic carbocycles. The van der Waals surface area contributed by atoms with Gasteiger partial charge in [-0.25, -0.2) is 0 Å². The Morgan fingerprint density at radius 1 is 1.14 bits per heavy atom. The molecule has 110 valence electrons. The molecule has 2 N–H and O–H groups in total. The van der Waals surface area contributed by atoms with Gasteiger partial charge in [0.1, 0.15) is 5.69 Å². The lowest BCUT2D eigenvalue weighted by Gasteiger charge is -2.02. The van der Waals surface area contributed by atoms with Gasteiger partial charge in [0.15, 0.2) is 0 Å². The quantitative estimate of drug-likeness (QED) is 0.776. The number of nitrogens with one attached hydrogen (secondary N) is 2. The van der Waals surface area contributed by atoms with Crippen molar-refractivity contribution >= 4 is 5.91 Å². The van der Waals surface area contributed by atoms with Gasteiger partial charge in [0.25, 0.3) is 5.91 Å². The fraction of sp³-hybridized carbons (Fsp3) is 0.118. The van der Waals surface area contributed by atoms with Crippen molar-refractivity contribution in [3.05, 3.63) is 71.7 Å². The van der Waals surface area contributed by atoms with Gasteiger partial charge in [-0.1, -0.05) is 29.8 Å². The summed E-state index contributed by atoms with van der Waals surface area (Å²) in [5.41, 5.74) is 4.38. The van der Waals surface area contributed by atoms with Crippen molar-refractivity contribution in [2.75, 3.05) is 0 Å². The number of aryl methyl sites for hydroxylation is 1. The van der Waals surface area contributed by atoms with Crippen LogP contribution in [0.2, 0.25) is 0 Å². The first-order valence-corrected chi connectivity index (χ1v) is 7.02. The van der Waals surface area contributed by atoms with Crippen molar-refractivity contribution in [3.8, 4) is 11.3 Å². The van der Waals surface area contributed by atoms with Crippen molar-refractivity contribution in [3.63, 3.8) is 0 Å². The Kier molecular flexibility index (Phi) is 3.96. The maximum atomic E-state index is 12.1. The van der Waals surface area contributed by atoms with Crippen LogP contribution in [0.25, 0.3) is 11.3 Å². The summed E-state index contributed by atoms with van der Waals surface area (Å²) in [6.45, 7) is 2.49. The molecule has 0 bridgehead atoms. The summed E-state index contributed by atoms with van der Waals surface area (Å²) in [5, 5.41) is 9.83. The standard InChI is InChI=1S/C17H16N4O/c1-12-2-4-14(5-3-12)15-10-16(21-20-15)17(22)19-11-13-6-8-18-9-7-13/h2-10H,11H2,1H3,(H,19,22)(H,20,21). The first kappa shape index (κ1) is 14.0. The molecule has 0 aliphatic carbocycles. The number of carbonyl (C=O) groups excluding carboxylic acids is 1. The van der Waals surface area contributed by atoms with Gasteiger partial charge < -0.3 is 5.32 Å².